The monoisotopic (exact) mass is 630 g/mol. The summed E-state index contributed by atoms with van der Waals surface area (Å²) in [6, 6.07) is -1.13. The minimum atomic E-state index is -5.51. The first-order chi connectivity index (χ1) is 18.9. The lowest BCUT2D eigenvalue weighted by molar-refractivity contribution is -0.143. The van der Waals surface area contributed by atoms with Crippen molar-refractivity contribution in [2.45, 2.75) is 43.6 Å². The highest BCUT2D eigenvalue weighted by molar-refractivity contribution is 5.99. The van der Waals surface area contributed by atoms with Gasteiger partial charge in [0.15, 0.2) is 0 Å². The van der Waals surface area contributed by atoms with E-state index in [9.17, 15) is 71.1 Å². The van der Waals surface area contributed by atoms with Crippen LogP contribution >= 0.6 is 0 Å². The Hall–Kier alpha value is -3.86. The molecule has 2 N–H and O–H groups in total. The van der Waals surface area contributed by atoms with Crippen LogP contribution in [0.3, 0.4) is 0 Å². The van der Waals surface area contributed by atoms with Crippen molar-refractivity contribution in [2.24, 2.45) is 0 Å². The summed E-state index contributed by atoms with van der Waals surface area (Å²) in [5, 5.41) is 3.06. The van der Waals surface area contributed by atoms with Crippen LogP contribution in [0.2, 0.25) is 0 Å². The van der Waals surface area contributed by atoms with Crippen molar-refractivity contribution in [1.82, 2.24) is 10.6 Å². The molecule has 0 spiro atoms. The van der Waals surface area contributed by atoms with Crippen LogP contribution in [-0.2, 0) is 17.1 Å². The molecule has 0 aliphatic rings. The smallest absolute Gasteiger partial charge is 0.345 e. The summed E-state index contributed by atoms with van der Waals surface area (Å²) >= 11 is 0. The molecule has 0 aliphatic carbocycles. The first-order valence-corrected chi connectivity index (χ1v) is 11.1. The maximum absolute atomic E-state index is 14.9. The van der Waals surface area contributed by atoms with Gasteiger partial charge in [-0.2, -0.15) is 52.7 Å². The fourth-order valence-corrected chi connectivity index (χ4v) is 3.38. The standard InChI is InChI=1S/C24H16F14N2O2/c1-10(19(41)39-9-21(27,28)29)40-20(42)13-4-2-12(7-15(13)23(33,34)35)18(26)8-14(22(30,31)32)11-3-5-17(25)16(6-11)24(36,37)38/h2-8,10,14H,9H2,1H3,(H,39,41)(H,40,42)/b18-8-/t10-,14?/m1/s1. The van der Waals surface area contributed by atoms with Crippen molar-refractivity contribution in [2.75, 3.05) is 6.54 Å². The fourth-order valence-electron chi connectivity index (χ4n) is 3.38. The van der Waals surface area contributed by atoms with E-state index in [1.54, 1.807) is 5.32 Å². The third kappa shape index (κ3) is 9.07. The summed E-state index contributed by atoms with van der Waals surface area (Å²) in [6.45, 7) is -1.00. The Labute approximate surface area is 226 Å². The number of benzene rings is 2. The molecule has 0 heterocycles. The van der Waals surface area contributed by atoms with Gasteiger partial charge >= 0.3 is 24.7 Å². The molecule has 2 aromatic rings. The summed E-state index contributed by atoms with van der Waals surface area (Å²) in [5.74, 6) is -10.3. The summed E-state index contributed by atoms with van der Waals surface area (Å²) < 4.78 is 186. The van der Waals surface area contributed by atoms with Gasteiger partial charge in [0, 0.05) is 5.56 Å². The van der Waals surface area contributed by atoms with E-state index in [4.69, 9.17) is 0 Å². The number of halogens is 14. The van der Waals surface area contributed by atoms with Gasteiger partial charge in [0.05, 0.1) is 16.7 Å². The molecule has 42 heavy (non-hydrogen) atoms. The van der Waals surface area contributed by atoms with Crippen LogP contribution in [-0.4, -0.2) is 36.8 Å². The minimum Gasteiger partial charge on any atom is -0.345 e. The molecule has 0 aromatic heterocycles. The van der Waals surface area contributed by atoms with Crippen molar-refractivity contribution in [1.29, 1.82) is 0 Å². The Kier molecular flexibility index (Phi) is 9.95. The second-order valence-electron chi connectivity index (χ2n) is 8.56. The van der Waals surface area contributed by atoms with E-state index < -0.39 is 94.5 Å². The van der Waals surface area contributed by atoms with Crippen LogP contribution in [0.25, 0.3) is 5.83 Å². The van der Waals surface area contributed by atoms with E-state index in [0.29, 0.717) is 12.1 Å². The van der Waals surface area contributed by atoms with Crippen molar-refractivity contribution < 1.29 is 71.1 Å². The third-order valence-corrected chi connectivity index (χ3v) is 5.37. The van der Waals surface area contributed by atoms with Gasteiger partial charge in [-0.25, -0.2) is 8.78 Å². The summed E-state index contributed by atoms with van der Waals surface area (Å²) in [7, 11) is 0. The van der Waals surface area contributed by atoms with E-state index in [0.717, 1.165) is 6.92 Å². The Morgan fingerprint density at radius 2 is 1.40 bits per heavy atom. The van der Waals surface area contributed by atoms with Gasteiger partial charge in [0.1, 0.15) is 30.1 Å². The highest BCUT2D eigenvalue weighted by atomic mass is 19.4. The van der Waals surface area contributed by atoms with Gasteiger partial charge in [0.2, 0.25) is 5.91 Å². The lowest BCUT2D eigenvalue weighted by Crippen LogP contribution is -2.47. The van der Waals surface area contributed by atoms with Crippen LogP contribution in [0, 0.1) is 5.82 Å². The molecule has 1 unspecified atom stereocenters. The zero-order valence-corrected chi connectivity index (χ0v) is 20.5. The Bertz CT molecular complexity index is 1340. The summed E-state index contributed by atoms with van der Waals surface area (Å²) in [4.78, 5) is 24.0. The number of amides is 2. The van der Waals surface area contributed by atoms with E-state index >= 15 is 0 Å². The Morgan fingerprint density at radius 1 is 0.833 bits per heavy atom. The molecule has 0 fully saturated rings. The molecular formula is C24H16F14N2O2. The van der Waals surface area contributed by atoms with Crippen molar-refractivity contribution in [3.63, 3.8) is 0 Å². The molecule has 4 nitrogen and oxygen atoms in total. The molecule has 2 amide bonds. The first-order valence-electron chi connectivity index (χ1n) is 11.1. The van der Waals surface area contributed by atoms with E-state index in [1.165, 1.54) is 5.32 Å². The van der Waals surface area contributed by atoms with Gasteiger partial charge < -0.3 is 10.6 Å². The van der Waals surface area contributed by atoms with Crippen LogP contribution in [0.4, 0.5) is 61.5 Å². The van der Waals surface area contributed by atoms with Crippen LogP contribution in [0.5, 0.6) is 0 Å². The molecule has 0 bridgehead atoms. The van der Waals surface area contributed by atoms with Gasteiger partial charge in [-0.3, -0.25) is 9.59 Å². The average Bonchev–Trinajstić information content (AvgIpc) is 2.83. The highest BCUT2D eigenvalue weighted by Crippen LogP contribution is 2.42. The number of carbonyl (C=O) groups is 2. The van der Waals surface area contributed by atoms with Crippen molar-refractivity contribution in [3.8, 4) is 0 Å². The molecule has 0 saturated heterocycles. The lowest BCUT2D eigenvalue weighted by atomic mass is 9.94. The second-order valence-corrected chi connectivity index (χ2v) is 8.56. The van der Waals surface area contributed by atoms with Gasteiger partial charge in [-0.05, 0) is 42.8 Å². The lowest BCUT2D eigenvalue weighted by Gasteiger charge is -2.20. The minimum absolute atomic E-state index is 0.0438. The van der Waals surface area contributed by atoms with E-state index in [1.807, 2.05) is 0 Å². The van der Waals surface area contributed by atoms with Crippen LogP contribution < -0.4 is 10.6 Å². The molecule has 2 aromatic carbocycles. The summed E-state index contributed by atoms with van der Waals surface area (Å²) in [5.41, 5.74) is -7.85. The topological polar surface area (TPSA) is 58.2 Å². The number of alkyl halides is 12. The zero-order chi connectivity index (χ0) is 32.4. The number of carbonyl (C=O) groups excluding carboxylic acids is 2. The molecule has 18 heteroatoms. The van der Waals surface area contributed by atoms with Gasteiger partial charge in [0.25, 0.3) is 5.91 Å². The predicted molar refractivity (Wildman–Crippen MR) is 117 cm³/mol. The zero-order valence-electron chi connectivity index (χ0n) is 20.5. The second kappa shape index (κ2) is 12.2. The number of allylic oxidation sites excluding steroid dienone is 1. The number of rotatable bonds is 7. The van der Waals surface area contributed by atoms with Crippen molar-refractivity contribution >= 4 is 17.6 Å². The van der Waals surface area contributed by atoms with Crippen LogP contribution in [0.1, 0.15) is 45.5 Å². The Morgan fingerprint density at radius 3 is 1.90 bits per heavy atom. The molecule has 0 aliphatic heterocycles. The largest absolute Gasteiger partial charge is 0.419 e. The highest BCUT2D eigenvalue weighted by Gasteiger charge is 2.42. The maximum atomic E-state index is 14.9. The summed E-state index contributed by atoms with van der Waals surface area (Å²) in [6.07, 6.45) is -21.6. The quantitative estimate of drug-likeness (QED) is 0.315. The number of hydrogen-bond acceptors (Lipinski definition) is 2. The molecule has 0 saturated carbocycles. The van der Waals surface area contributed by atoms with Gasteiger partial charge in [-0.15, -0.1) is 0 Å². The molecule has 2 atom stereocenters. The molecular weight excluding hydrogens is 614 g/mol. The molecule has 232 valence electrons. The van der Waals surface area contributed by atoms with E-state index in [2.05, 4.69) is 0 Å². The third-order valence-electron chi connectivity index (χ3n) is 5.37. The molecule has 0 radical (unpaired) electrons. The van der Waals surface area contributed by atoms with Crippen LogP contribution in [0.15, 0.2) is 42.5 Å². The normalized spacial score (nSPS) is 14.8. The SMILES string of the molecule is C[C@@H](NC(=O)c1ccc(/C(F)=C/C(c2ccc(F)c(C(F)(F)F)c2)C(F)(F)F)cc1C(F)(F)F)C(=O)NCC(F)(F)F. The number of hydrogen-bond donors (Lipinski definition) is 2. The number of nitrogens with one attached hydrogen (secondary N) is 2. The fraction of sp³-hybridized carbons (Fsp3) is 0.333. The van der Waals surface area contributed by atoms with Crippen molar-refractivity contribution in [3.05, 3.63) is 76.1 Å². The average molecular weight is 630 g/mol. The first kappa shape index (κ1) is 34.3. The Balaban J connectivity index is 2.48. The maximum Gasteiger partial charge on any atom is 0.419 e. The van der Waals surface area contributed by atoms with E-state index in [-0.39, 0.29) is 30.3 Å². The predicted octanol–water partition coefficient (Wildman–Crippen LogP) is 7.32. The van der Waals surface area contributed by atoms with Gasteiger partial charge in [-0.1, -0.05) is 12.1 Å². The molecule has 2 rings (SSSR count).